The summed E-state index contributed by atoms with van der Waals surface area (Å²) >= 11 is 0. The quantitative estimate of drug-likeness (QED) is 0.500. The summed E-state index contributed by atoms with van der Waals surface area (Å²) in [6, 6.07) is 3.94. The van der Waals surface area contributed by atoms with Crippen molar-refractivity contribution in [2.24, 2.45) is 5.16 Å². The lowest BCUT2D eigenvalue weighted by Gasteiger charge is -2.02. The molecule has 0 aliphatic heterocycles. The van der Waals surface area contributed by atoms with E-state index in [1.807, 2.05) is 26.0 Å². The van der Waals surface area contributed by atoms with Gasteiger partial charge >= 0.3 is 0 Å². The monoisotopic (exact) mass is 189 g/mol. The summed E-state index contributed by atoms with van der Waals surface area (Å²) < 4.78 is 0. The number of carbonyl (C=O) groups is 1. The largest absolute Gasteiger partial charge is 0.411 e. The highest BCUT2D eigenvalue weighted by Crippen LogP contribution is 2.25. The Hall–Kier alpha value is -1.64. The second-order valence-electron chi connectivity index (χ2n) is 3.67. The number of oxime groups is 1. The predicted octanol–water partition coefficient (Wildman–Crippen LogP) is 1.87. The van der Waals surface area contributed by atoms with E-state index in [0.717, 1.165) is 16.7 Å². The lowest BCUT2D eigenvalue weighted by molar-refractivity contribution is 0.106. The lowest BCUT2D eigenvalue weighted by atomic mass is 10.0. The van der Waals surface area contributed by atoms with Crippen molar-refractivity contribution in [2.75, 3.05) is 0 Å². The van der Waals surface area contributed by atoms with Gasteiger partial charge in [-0.1, -0.05) is 22.9 Å². The molecule has 0 heterocycles. The number of Topliss-reactive ketones (excluding diaryl/α,β-unsaturated/α-hetero) is 1. The van der Waals surface area contributed by atoms with Gasteiger partial charge in [0, 0.05) is 12.0 Å². The van der Waals surface area contributed by atoms with Gasteiger partial charge in [0.15, 0.2) is 0 Å². The van der Waals surface area contributed by atoms with Gasteiger partial charge in [0.1, 0.15) is 5.71 Å². The molecule has 0 saturated heterocycles. The maximum absolute atomic E-state index is 11.7. The molecule has 0 unspecified atom stereocenters. The van der Waals surface area contributed by atoms with Gasteiger partial charge in [-0.05, 0) is 25.0 Å². The second-order valence-corrected chi connectivity index (χ2v) is 3.67. The molecule has 0 amide bonds. The Kier molecular flexibility index (Phi) is 1.88. The number of benzene rings is 1. The molecule has 0 bridgehead atoms. The summed E-state index contributed by atoms with van der Waals surface area (Å²) in [5.74, 6) is -0.139. The van der Waals surface area contributed by atoms with Crippen molar-refractivity contribution in [3.05, 3.63) is 34.4 Å². The molecule has 0 radical (unpaired) electrons. The Morgan fingerprint density at radius 3 is 2.71 bits per heavy atom. The molecule has 1 aromatic rings. The highest BCUT2D eigenvalue weighted by atomic mass is 16.4. The number of hydrogen-bond acceptors (Lipinski definition) is 3. The van der Waals surface area contributed by atoms with Crippen LogP contribution in [-0.4, -0.2) is 16.7 Å². The number of ketones is 1. The third kappa shape index (κ3) is 1.13. The molecule has 0 fully saturated rings. The smallest absolute Gasteiger partial charge is 0.211 e. The highest BCUT2D eigenvalue weighted by Gasteiger charge is 2.28. The van der Waals surface area contributed by atoms with E-state index in [4.69, 9.17) is 5.21 Å². The standard InChI is InChI=1S/C11H11NO2/c1-6-3-7(2)10-8(4-6)5-9(12-14)11(10)13/h3-4,14H,5H2,1-2H3/b12-9+. The van der Waals surface area contributed by atoms with Crippen LogP contribution < -0.4 is 0 Å². The Morgan fingerprint density at radius 2 is 2.07 bits per heavy atom. The molecule has 0 aromatic heterocycles. The van der Waals surface area contributed by atoms with E-state index in [1.54, 1.807) is 0 Å². The summed E-state index contributed by atoms with van der Waals surface area (Å²) in [5, 5.41) is 11.7. The SMILES string of the molecule is Cc1cc(C)c2c(c1)C/C(=N\O)C2=O. The highest BCUT2D eigenvalue weighted by molar-refractivity contribution is 6.49. The van der Waals surface area contributed by atoms with E-state index in [9.17, 15) is 4.79 Å². The number of nitrogens with zero attached hydrogens (tertiary/aromatic N) is 1. The Balaban J connectivity index is 2.65. The van der Waals surface area contributed by atoms with Crippen LogP contribution in [0.15, 0.2) is 17.3 Å². The molecule has 1 N–H and O–H groups in total. The Labute approximate surface area is 82.1 Å². The van der Waals surface area contributed by atoms with E-state index >= 15 is 0 Å². The van der Waals surface area contributed by atoms with E-state index in [1.165, 1.54) is 0 Å². The minimum atomic E-state index is -0.139. The second kappa shape index (κ2) is 2.94. The van der Waals surface area contributed by atoms with Crippen LogP contribution in [0.5, 0.6) is 0 Å². The van der Waals surface area contributed by atoms with Gasteiger partial charge in [-0.3, -0.25) is 4.79 Å². The minimum absolute atomic E-state index is 0.139. The van der Waals surface area contributed by atoms with Crippen LogP contribution in [0.4, 0.5) is 0 Å². The van der Waals surface area contributed by atoms with Gasteiger partial charge < -0.3 is 5.21 Å². The van der Waals surface area contributed by atoms with E-state index < -0.39 is 0 Å². The molecule has 2 rings (SSSR count). The van der Waals surface area contributed by atoms with Crippen LogP contribution in [0.3, 0.4) is 0 Å². The molecular formula is C11H11NO2. The first-order valence-electron chi connectivity index (χ1n) is 4.49. The Bertz CT molecular complexity index is 447. The molecule has 1 aliphatic carbocycles. The van der Waals surface area contributed by atoms with Gasteiger partial charge in [0.2, 0.25) is 5.78 Å². The molecule has 1 aliphatic rings. The zero-order valence-electron chi connectivity index (χ0n) is 8.16. The summed E-state index contributed by atoms with van der Waals surface area (Å²) in [5.41, 5.74) is 4.02. The van der Waals surface area contributed by atoms with Crippen molar-refractivity contribution in [1.82, 2.24) is 0 Å². The van der Waals surface area contributed by atoms with Crippen molar-refractivity contribution in [3.63, 3.8) is 0 Å². The fourth-order valence-electron chi connectivity index (χ4n) is 2.01. The Morgan fingerprint density at radius 1 is 1.36 bits per heavy atom. The maximum atomic E-state index is 11.7. The molecule has 72 valence electrons. The van der Waals surface area contributed by atoms with Gasteiger partial charge in [0.05, 0.1) is 0 Å². The summed E-state index contributed by atoms with van der Waals surface area (Å²) in [6.07, 6.45) is 0.452. The molecule has 3 nitrogen and oxygen atoms in total. The zero-order chi connectivity index (χ0) is 10.3. The third-order valence-corrected chi connectivity index (χ3v) is 2.53. The van der Waals surface area contributed by atoms with Crippen molar-refractivity contribution in [1.29, 1.82) is 0 Å². The van der Waals surface area contributed by atoms with E-state index in [0.29, 0.717) is 12.0 Å². The van der Waals surface area contributed by atoms with Crippen LogP contribution in [0.25, 0.3) is 0 Å². The molecular weight excluding hydrogens is 178 g/mol. The van der Waals surface area contributed by atoms with Gasteiger partial charge in [0.25, 0.3) is 0 Å². The number of hydrogen-bond donors (Lipinski definition) is 1. The van der Waals surface area contributed by atoms with Crippen LogP contribution in [0, 0.1) is 13.8 Å². The average molecular weight is 189 g/mol. The number of rotatable bonds is 0. The fourth-order valence-corrected chi connectivity index (χ4v) is 2.01. The van der Waals surface area contributed by atoms with Crippen molar-refractivity contribution < 1.29 is 10.0 Å². The van der Waals surface area contributed by atoms with Crippen molar-refractivity contribution in [2.45, 2.75) is 20.3 Å². The van der Waals surface area contributed by atoms with Crippen molar-refractivity contribution in [3.8, 4) is 0 Å². The van der Waals surface area contributed by atoms with E-state index in [-0.39, 0.29) is 11.5 Å². The molecule has 0 saturated carbocycles. The van der Waals surface area contributed by atoms with Gasteiger partial charge in [-0.25, -0.2) is 0 Å². The van der Waals surface area contributed by atoms with Gasteiger partial charge in [-0.15, -0.1) is 0 Å². The lowest BCUT2D eigenvalue weighted by Crippen LogP contribution is -2.08. The van der Waals surface area contributed by atoms with Crippen LogP contribution >= 0.6 is 0 Å². The first-order valence-corrected chi connectivity index (χ1v) is 4.49. The first-order chi connectivity index (χ1) is 6.63. The first kappa shape index (κ1) is 8.94. The van der Waals surface area contributed by atoms with Crippen molar-refractivity contribution >= 4 is 11.5 Å². The van der Waals surface area contributed by atoms with E-state index in [2.05, 4.69) is 5.16 Å². The maximum Gasteiger partial charge on any atom is 0.211 e. The van der Waals surface area contributed by atoms with Crippen LogP contribution in [0.1, 0.15) is 27.0 Å². The molecule has 3 heteroatoms. The molecule has 0 spiro atoms. The number of fused-ring (bicyclic) bond motifs is 1. The summed E-state index contributed by atoms with van der Waals surface area (Å²) in [7, 11) is 0. The summed E-state index contributed by atoms with van der Waals surface area (Å²) in [4.78, 5) is 11.7. The number of aryl methyl sites for hydroxylation is 2. The molecule has 1 aromatic carbocycles. The number of carbonyl (C=O) groups excluding carboxylic acids is 1. The summed E-state index contributed by atoms with van der Waals surface area (Å²) in [6.45, 7) is 3.90. The fraction of sp³-hybridized carbons (Fsp3) is 0.273. The normalized spacial score (nSPS) is 17.6. The predicted molar refractivity (Wildman–Crippen MR) is 53.2 cm³/mol. The average Bonchev–Trinajstić information content (AvgIpc) is 2.42. The molecule has 14 heavy (non-hydrogen) atoms. The minimum Gasteiger partial charge on any atom is -0.411 e. The topological polar surface area (TPSA) is 49.7 Å². The van der Waals surface area contributed by atoms with Crippen LogP contribution in [0.2, 0.25) is 0 Å². The van der Waals surface area contributed by atoms with Crippen LogP contribution in [-0.2, 0) is 6.42 Å². The molecule has 0 atom stereocenters. The third-order valence-electron chi connectivity index (χ3n) is 2.53. The zero-order valence-corrected chi connectivity index (χ0v) is 8.16. The van der Waals surface area contributed by atoms with Gasteiger partial charge in [-0.2, -0.15) is 0 Å².